The lowest BCUT2D eigenvalue weighted by atomic mass is 9.99. The molecule has 0 radical (unpaired) electrons. The molecule has 8 heteroatoms. The molecule has 1 aromatic carbocycles. The van der Waals surface area contributed by atoms with Crippen LogP contribution >= 0.6 is 11.6 Å². The first-order valence-corrected chi connectivity index (χ1v) is 9.24. The number of Topliss-reactive ketones (excluding diaryl/α,β-unsaturated/α-hetero) is 1. The molecule has 1 amide bonds. The molecule has 0 spiro atoms. The van der Waals surface area contributed by atoms with Crippen LogP contribution in [0.15, 0.2) is 36.5 Å². The number of nitrogens with zero attached hydrogens (tertiary/aromatic N) is 1. The summed E-state index contributed by atoms with van der Waals surface area (Å²) in [5.41, 5.74) is 0.452. The molecule has 0 aliphatic carbocycles. The van der Waals surface area contributed by atoms with E-state index in [0.717, 1.165) is 0 Å². The fourth-order valence-electron chi connectivity index (χ4n) is 3.08. The number of ether oxygens (including phenoxy) is 1. The van der Waals surface area contributed by atoms with Crippen LogP contribution in [0.4, 0.5) is 0 Å². The van der Waals surface area contributed by atoms with Crippen molar-refractivity contribution in [2.24, 2.45) is 0 Å². The molecule has 28 heavy (non-hydrogen) atoms. The van der Waals surface area contributed by atoms with Gasteiger partial charge in [0.2, 0.25) is 0 Å². The number of aromatic nitrogens is 1. The minimum absolute atomic E-state index is 0.0145. The van der Waals surface area contributed by atoms with Gasteiger partial charge in [-0.25, -0.2) is 0 Å². The molecule has 1 atom stereocenters. The van der Waals surface area contributed by atoms with E-state index in [2.05, 4.69) is 10.3 Å². The Hall–Kier alpha value is -2.48. The zero-order chi connectivity index (χ0) is 20.1. The van der Waals surface area contributed by atoms with E-state index in [4.69, 9.17) is 16.3 Å². The Morgan fingerprint density at radius 3 is 2.79 bits per heavy atom. The zero-order valence-electron chi connectivity index (χ0n) is 15.2. The summed E-state index contributed by atoms with van der Waals surface area (Å²) in [6.07, 6.45) is 2.10. The van der Waals surface area contributed by atoms with Gasteiger partial charge in [0.05, 0.1) is 18.8 Å². The second-order valence-electron chi connectivity index (χ2n) is 6.91. The number of hydrogen-bond acceptors (Lipinski definition) is 6. The minimum Gasteiger partial charge on any atom is -0.508 e. The number of aliphatic hydroxyl groups excluding tert-OH is 1. The van der Waals surface area contributed by atoms with Crippen LogP contribution in [0.1, 0.15) is 28.0 Å². The van der Waals surface area contributed by atoms with Gasteiger partial charge in [0.25, 0.3) is 5.91 Å². The number of rotatable bonds is 7. The molecule has 3 N–H and O–H groups in total. The molecule has 1 fully saturated rings. The average molecular weight is 405 g/mol. The van der Waals surface area contributed by atoms with Crippen LogP contribution in [0.25, 0.3) is 0 Å². The Morgan fingerprint density at radius 2 is 2.07 bits per heavy atom. The molecule has 1 aliphatic rings. The summed E-state index contributed by atoms with van der Waals surface area (Å²) in [5, 5.41) is 22.6. The van der Waals surface area contributed by atoms with Gasteiger partial charge >= 0.3 is 0 Å². The normalized spacial score (nSPS) is 18.8. The molecule has 1 unspecified atom stereocenters. The van der Waals surface area contributed by atoms with Gasteiger partial charge in [0.1, 0.15) is 17.2 Å². The molecule has 2 aromatic rings. The van der Waals surface area contributed by atoms with Gasteiger partial charge in [-0.3, -0.25) is 14.6 Å². The average Bonchev–Trinajstić information content (AvgIpc) is 3.14. The molecule has 0 bridgehead atoms. The van der Waals surface area contributed by atoms with Gasteiger partial charge in [0.15, 0.2) is 0 Å². The Kier molecular flexibility index (Phi) is 6.28. The number of aromatic hydroxyl groups is 1. The first-order valence-electron chi connectivity index (χ1n) is 8.86. The van der Waals surface area contributed by atoms with E-state index in [-0.39, 0.29) is 43.3 Å². The monoisotopic (exact) mass is 404 g/mol. The number of hydrogen-bond donors (Lipinski definition) is 3. The van der Waals surface area contributed by atoms with Crippen molar-refractivity contribution in [2.75, 3.05) is 19.8 Å². The molecule has 1 aromatic heterocycles. The topological polar surface area (TPSA) is 109 Å². The summed E-state index contributed by atoms with van der Waals surface area (Å²) >= 11 is 5.91. The summed E-state index contributed by atoms with van der Waals surface area (Å²) in [7, 11) is 0. The van der Waals surface area contributed by atoms with Crippen LogP contribution in [0.3, 0.4) is 0 Å². The van der Waals surface area contributed by atoms with E-state index < -0.39 is 11.4 Å². The maximum Gasteiger partial charge on any atom is 0.270 e. The molecular weight excluding hydrogens is 384 g/mol. The minimum atomic E-state index is -0.797. The summed E-state index contributed by atoms with van der Waals surface area (Å²) in [6, 6.07) is 7.76. The molecule has 1 aliphatic heterocycles. The lowest BCUT2D eigenvalue weighted by molar-refractivity contribution is -0.117. The molecule has 148 valence electrons. The summed E-state index contributed by atoms with van der Waals surface area (Å²) in [6.45, 7) is 0.496. The predicted molar refractivity (Wildman–Crippen MR) is 102 cm³/mol. The van der Waals surface area contributed by atoms with E-state index in [1.54, 1.807) is 24.3 Å². The number of aliphatic hydroxyl groups is 1. The highest BCUT2D eigenvalue weighted by Gasteiger charge is 2.36. The second-order valence-corrected chi connectivity index (χ2v) is 7.35. The number of benzene rings is 1. The van der Waals surface area contributed by atoms with Crippen molar-refractivity contribution in [3.8, 4) is 5.75 Å². The molecule has 2 heterocycles. The Labute approximate surface area is 167 Å². The van der Waals surface area contributed by atoms with Crippen LogP contribution in [-0.2, 0) is 22.4 Å². The molecule has 7 nitrogen and oxygen atoms in total. The van der Waals surface area contributed by atoms with Gasteiger partial charge in [-0.05, 0) is 42.3 Å². The Bertz CT molecular complexity index is 881. The van der Waals surface area contributed by atoms with Crippen LogP contribution in [0.5, 0.6) is 5.75 Å². The first kappa shape index (κ1) is 20.3. The smallest absolute Gasteiger partial charge is 0.270 e. The number of nitrogens with one attached hydrogen (secondary N) is 1. The van der Waals surface area contributed by atoms with Crippen molar-refractivity contribution < 1.29 is 24.5 Å². The van der Waals surface area contributed by atoms with E-state index in [1.807, 2.05) is 0 Å². The number of amides is 1. The maximum absolute atomic E-state index is 12.5. The molecule has 1 saturated heterocycles. The quantitative estimate of drug-likeness (QED) is 0.647. The molecule has 3 rings (SSSR count). The third-order valence-corrected chi connectivity index (χ3v) is 4.91. The summed E-state index contributed by atoms with van der Waals surface area (Å²) in [4.78, 5) is 28.9. The first-order chi connectivity index (χ1) is 13.4. The van der Waals surface area contributed by atoms with E-state index in [9.17, 15) is 19.8 Å². The number of phenolic OH excluding ortho intramolecular Hbond substituents is 1. The zero-order valence-corrected chi connectivity index (χ0v) is 15.9. The highest BCUT2D eigenvalue weighted by molar-refractivity contribution is 6.30. The van der Waals surface area contributed by atoms with Gasteiger partial charge in [0, 0.05) is 36.2 Å². The van der Waals surface area contributed by atoms with Gasteiger partial charge < -0.3 is 20.3 Å². The number of carbonyl (C=O) groups excluding carboxylic acids is 2. The number of halogens is 1. The van der Waals surface area contributed by atoms with Crippen LogP contribution in [-0.4, -0.2) is 52.2 Å². The molecule has 0 saturated carbocycles. The van der Waals surface area contributed by atoms with Crippen molar-refractivity contribution in [1.82, 2.24) is 10.3 Å². The summed E-state index contributed by atoms with van der Waals surface area (Å²) < 4.78 is 5.27. The Morgan fingerprint density at radius 1 is 1.25 bits per heavy atom. The third-order valence-electron chi connectivity index (χ3n) is 4.67. The van der Waals surface area contributed by atoms with Crippen molar-refractivity contribution in [3.63, 3.8) is 0 Å². The van der Waals surface area contributed by atoms with E-state index >= 15 is 0 Å². The van der Waals surface area contributed by atoms with Crippen molar-refractivity contribution >= 4 is 23.3 Å². The predicted octanol–water partition coefficient (Wildman–Crippen LogP) is 1.68. The highest BCUT2D eigenvalue weighted by atomic mass is 35.5. The lowest BCUT2D eigenvalue weighted by Crippen LogP contribution is -2.52. The van der Waals surface area contributed by atoms with Crippen LogP contribution in [0.2, 0.25) is 5.02 Å². The van der Waals surface area contributed by atoms with Gasteiger partial charge in [-0.1, -0.05) is 11.6 Å². The fraction of sp³-hybridized carbons (Fsp3) is 0.350. The highest BCUT2D eigenvalue weighted by Crippen LogP contribution is 2.23. The SMILES string of the molecule is O=C(Cc1ccnc(C(=O)NC2(CO)CCOC2)c1)Cc1cc(Cl)ccc1O. The number of carbonyl (C=O) groups is 2. The van der Waals surface area contributed by atoms with Crippen LogP contribution in [0, 0.1) is 0 Å². The third kappa shape index (κ3) is 4.86. The van der Waals surface area contributed by atoms with Crippen molar-refractivity contribution in [2.45, 2.75) is 24.8 Å². The number of phenols is 1. The number of pyridine rings is 1. The second kappa shape index (κ2) is 8.68. The fourth-order valence-corrected chi connectivity index (χ4v) is 3.28. The lowest BCUT2D eigenvalue weighted by Gasteiger charge is -2.26. The van der Waals surface area contributed by atoms with E-state index in [0.29, 0.717) is 29.2 Å². The standard InChI is InChI=1S/C20H21ClN2O5/c21-15-1-2-18(26)14(9-15)10-16(25)7-13-3-5-22-17(8-13)19(27)23-20(11-24)4-6-28-12-20/h1-3,5,8-9,24,26H,4,6-7,10-12H2,(H,23,27). The molecular formula is C20H21ClN2O5. The van der Waals surface area contributed by atoms with Crippen LogP contribution < -0.4 is 5.32 Å². The van der Waals surface area contributed by atoms with E-state index in [1.165, 1.54) is 12.3 Å². The number of ketones is 1. The van der Waals surface area contributed by atoms with Crippen molar-refractivity contribution in [3.05, 3.63) is 58.4 Å². The Balaban J connectivity index is 1.66. The summed E-state index contributed by atoms with van der Waals surface area (Å²) in [5.74, 6) is -0.548. The van der Waals surface area contributed by atoms with Gasteiger partial charge in [-0.15, -0.1) is 0 Å². The van der Waals surface area contributed by atoms with Gasteiger partial charge in [-0.2, -0.15) is 0 Å². The van der Waals surface area contributed by atoms with Crippen molar-refractivity contribution in [1.29, 1.82) is 0 Å². The largest absolute Gasteiger partial charge is 0.508 e. The maximum atomic E-state index is 12.5.